The molecule has 1 rings (SSSR count). The maximum atomic E-state index is 13.0. The second-order valence-corrected chi connectivity index (χ2v) is 2.99. The van der Waals surface area contributed by atoms with E-state index in [1.165, 1.54) is 0 Å². The fourth-order valence-corrected chi connectivity index (χ4v) is 1.34. The van der Waals surface area contributed by atoms with Crippen LogP contribution in [0, 0.1) is 5.95 Å². The molecule has 0 aliphatic carbocycles. The van der Waals surface area contributed by atoms with E-state index in [0.29, 0.717) is 0 Å². The number of aromatic nitrogens is 1. The second kappa shape index (κ2) is 4.84. The minimum atomic E-state index is -5.04. The lowest BCUT2D eigenvalue weighted by Crippen LogP contribution is -2.20. The molecule has 0 unspecified atom stereocenters. The van der Waals surface area contributed by atoms with E-state index in [0.717, 1.165) is 6.20 Å². The van der Waals surface area contributed by atoms with Crippen LogP contribution in [0.25, 0.3) is 0 Å². The van der Waals surface area contributed by atoms with E-state index in [4.69, 9.17) is 16.7 Å². The molecule has 90 valence electrons. The summed E-state index contributed by atoms with van der Waals surface area (Å²) in [5.41, 5.74) is -0.287. The quantitative estimate of drug-likeness (QED) is 0.515. The first-order valence-electron chi connectivity index (χ1n) is 3.98. The number of alkyl halides is 4. The molecule has 0 atom stereocenters. The molecule has 0 saturated carbocycles. The van der Waals surface area contributed by atoms with Crippen LogP contribution in [-0.4, -0.2) is 16.5 Å². The highest BCUT2D eigenvalue weighted by Crippen LogP contribution is 2.31. The first-order valence-corrected chi connectivity index (χ1v) is 4.51. The summed E-state index contributed by atoms with van der Waals surface area (Å²) in [6, 6.07) is 0. The van der Waals surface area contributed by atoms with Gasteiger partial charge in [0.05, 0.1) is 12.5 Å². The van der Waals surface area contributed by atoms with Crippen molar-refractivity contribution in [1.29, 1.82) is 0 Å². The fraction of sp³-hybridized carbons (Fsp3) is 0.375. The molecule has 0 spiro atoms. The van der Waals surface area contributed by atoms with E-state index >= 15 is 0 Å². The molecule has 0 fully saturated rings. The molecular weight excluding hydrogens is 254 g/mol. The second-order valence-electron chi connectivity index (χ2n) is 2.72. The lowest BCUT2D eigenvalue weighted by atomic mass is 10.1. The lowest BCUT2D eigenvalue weighted by Gasteiger charge is -2.14. The SMILES string of the molecule is OCc1cnc(F)c(OC(F)(F)F)c1CCl. The molecule has 8 heteroatoms. The van der Waals surface area contributed by atoms with E-state index in [2.05, 4.69) is 9.72 Å². The third kappa shape index (κ3) is 2.96. The molecule has 1 aromatic heterocycles. The minimum absolute atomic E-state index is 0.0179. The molecule has 0 aliphatic rings. The number of aliphatic hydroxyl groups excluding tert-OH is 1. The number of ether oxygens (including phenoxy) is 1. The largest absolute Gasteiger partial charge is 0.573 e. The zero-order valence-electron chi connectivity index (χ0n) is 7.68. The van der Waals surface area contributed by atoms with E-state index < -0.39 is 30.5 Å². The maximum absolute atomic E-state index is 13.0. The predicted octanol–water partition coefficient (Wildman–Crippen LogP) is 2.35. The smallest absolute Gasteiger partial charge is 0.401 e. The van der Waals surface area contributed by atoms with Gasteiger partial charge in [-0.1, -0.05) is 0 Å². The third-order valence-corrected chi connectivity index (χ3v) is 1.97. The zero-order valence-corrected chi connectivity index (χ0v) is 8.44. The zero-order chi connectivity index (χ0) is 12.3. The van der Waals surface area contributed by atoms with Gasteiger partial charge in [-0.3, -0.25) is 0 Å². The molecule has 0 bridgehead atoms. The summed E-state index contributed by atoms with van der Waals surface area (Å²) in [4.78, 5) is 3.03. The van der Waals surface area contributed by atoms with Gasteiger partial charge in [-0.25, -0.2) is 4.98 Å². The maximum Gasteiger partial charge on any atom is 0.573 e. The van der Waals surface area contributed by atoms with Crippen LogP contribution < -0.4 is 4.74 Å². The first kappa shape index (κ1) is 13.0. The van der Waals surface area contributed by atoms with Crippen LogP contribution in [0.3, 0.4) is 0 Å². The number of pyridine rings is 1. The summed E-state index contributed by atoms with van der Waals surface area (Å²) < 4.78 is 52.3. The van der Waals surface area contributed by atoms with Crippen molar-refractivity contribution in [3.63, 3.8) is 0 Å². The van der Waals surface area contributed by atoms with E-state index in [-0.39, 0.29) is 11.1 Å². The van der Waals surface area contributed by atoms with Crippen LogP contribution in [0.5, 0.6) is 5.75 Å². The Morgan fingerprint density at radius 1 is 1.44 bits per heavy atom. The van der Waals surface area contributed by atoms with Gasteiger partial charge in [0.1, 0.15) is 0 Å². The van der Waals surface area contributed by atoms with Gasteiger partial charge in [-0.2, -0.15) is 4.39 Å². The molecule has 16 heavy (non-hydrogen) atoms. The normalized spacial score (nSPS) is 11.6. The topological polar surface area (TPSA) is 42.4 Å². The van der Waals surface area contributed by atoms with Crippen LogP contribution >= 0.6 is 11.6 Å². The first-order chi connectivity index (χ1) is 7.39. The third-order valence-electron chi connectivity index (χ3n) is 1.70. The van der Waals surface area contributed by atoms with Gasteiger partial charge in [0.25, 0.3) is 5.95 Å². The van der Waals surface area contributed by atoms with Gasteiger partial charge >= 0.3 is 6.36 Å². The lowest BCUT2D eigenvalue weighted by molar-refractivity contribution is -0.276. The number of nitrogens with zero attached hydrogens (tertiary/aromatic N) is 1. The van der Waals surface area contributed by atoms with Gasteiger partial charge in [-0.05, 0) is 0 Å². The highest BCUT2D eigenvalue weighted by Gasteiger charge is 2.34. The molecular formula is C8H6ClF4NO2. The van der Waals surface area contributed by atoms with Gasteiger partial charge < -0.3 is 9.84 Å². The van der Waals surface area contributed by atoms with Crippen LogP contribution in [0.1, 0.15) is 11.1 Å². The van der Waals surface area contributed by atoms with Gasteiger partial charge in [0, 0.05) is 17.3 Å². The molecule has 1 N–H and O–H groups in total. The van der Waals surface area contributed by atoms with Gasteiger partial charge in [0.2, 0.25) is 0 Å². The Kier molecular flexibility index (Phi) is 3.93. The number of hydrogen-bond acceptors (Lipinski definition) is 3. The molecule has 0 aliphatic heterocycles. The highest BCUT2D eigenvalue weighted by molar-refractivity contribution is 6.17. The monoisotopic (exact) mass is 259 g/mol. The number of rotatable bonds is 3. The summed E-state index contributed by atoms with van der Waals surface area (Å²) in [5.74, 6) is -2.96. The Hall–Kier alpha value is -1.08. The van der Waals surface area contributed by atoms with Crippen molar-refractivity contribution in [2.24, 2.45) is 0 Å². The molecule has 0 saturated heterocycles. The Morgan fingerprint density at radius 3 is 2.50 bits per heavy atom. The van der Waals surface area contributed by atoms with Crippen LogP contribution in [-0.2, 0) is 12.5 Å². The van der Waals surface area contributed by atoms with Crippen LogP contribution in [0.15, 0.2) is 6.20 Å². The van der Waals surface area contributed by atoms with E-state index in [1.54, 1.807) is 0 Å². The average Bonchev–Trinajstić information content (AvgIpc) is 2.19. The summed E-state index contributed by atoms with van der Waals surface area (Å²) in [6.07, 6.45) is -4.15. The summed E-state index contributed by atoms with van der Waals surface area (Å²) in [5, 5.41) is 8.81. The number of aliphatic hydroxyl groups is 1. The van der Waals surface area contributed by atoms with Gasteiger partial charge in [-0.15, -0.1) is 24.8 Å². The molecule has 3 nitrogen and oxygen atoms in total. The molecule has 0 radical (unpaired) electrons. The van der Waals surface area contributed by atoms with Crippen molar-refractivity contribution in [3.05, 3.63) is 23.3 Å². The standard InChI is InChI=1S/C8H6ClF4NO2/c9-1-5-4(3-15)2-14-7(10)6(5)16-8(11,12)13/h2,15H,1,3H2. The molecule has 0 aromatic carbocycles. The summed E-state index contributed by atoms with van der Waals surface area (Å²) >= 11 is 5.36. The number of halogens is 5. The van der Waals surface area contributed by atoms with Crippen molar-refractivity contribution in [2.45, 2.75) is 18.8 Å². The van der Waals surface area contributed by atoms with Crippen LogP contribution in [0.4, 0.5) is 17.6 Å². The fourth-order valence-electron chi connectivity index (χ4n) is 1.04. The Balaban J connectivity index is 3.23. The van der Waals surface area contributed by atoms with Crippen molar-refractivity contribution in [1.82, 2.24) is 4.98 Å². The molecule has 1 aromatic rings. The van der Waals surface area contributed by atoms with Crippen LogP contribution in [0.2, 0.25) is 0 Å². The van der Waals surface area contributed by atoms with E-state index in [1.807, 2.05) is 0 Å². The van der Waals surface area contributed by atoms with Gasteiger partial charge in [0.15, 0.2) is 5.75 Å². The molecule has 0 amide bonds. The Bertz CT molecular complexity index is 383. The van der Waals surface area contributed by atoms with E-state index in [9.17, 15) is 17.6 Å². The predicted molar refractivity (Wildman–Crippen MR) is 46.4 cm³/mol. The molecule has 1 heterocycles. The van der Waals surface area contributed by atoms with Crippen molar-refractivity contribution < 1.29 is 27.4 Å². The minimum Gasteiger partial charge on any atom is -0.401 e. The Labute approximate surface area is 92.6 Å². The van der Waals surface area contributed by atoms with Crippen molar-refractivity contribution in [2.75, 3.05) is 0 Å². The average molecular weight is 260 g/mol. The number of hydrogen-bond donors (Lipinski definition) is 1. The summed E-state index contributed by atoms with van der Waals surface area (Å²) in [7, 11) is 0. The summed E-state index contributed by atoms with van der Waals surface area (Å²) in [6.45, 7) is -0.608. The van der Waals surface area contributed by atoms with Crippen molar-refractivity contribution >= 4 is 11.6 Å². The van der Waals surface area contributed by atoms with Crippen molar-refractivity contribution in [3.8, 4) is 5.75 Å². The highest BCUT2D eigenvalue weighted by atomic mass is 35.5. The Morgan fingerprint density at radius 2 is 2.06 bits per heavy atom.